The lowest BCUT2D eigenvalue weighted by molar-refractivity contribution is 0.619. The summed E-state index contributed by atoms with van der Waals surface area (Å²) in [6.07, 6.45) is 0. The molecule has 10 aromatic rings. The predicted molar refractivity (Wildman–Crippen MR) is 257 cm³/mol. The van der Waals surface area contributed by atoms with E-state index in [1.54, 1.807) is 0 Å². The number of nitrogens with zero attached hydrogens (tertiary/aromatic N) is 1. The maximum absolute atomic E-state index is 6.48. The Labute approximate surface area is 363 Å². The van der Waals surface area contributed by atoms with Gasteiger partial charge in [0.15, 0.2) is 0 Å². The Kier molecular flexibility index (Phi) is 8.14. The Morgan fingerprint density at radius 3 is 1.55 bits per heavy atom. The molecule has 0 saturated carbocycles. The van der Waals surface area contributed by atoms with Crippen LogP contribution in [0.25, 0.3) is 55.7 Å². The number of furan rings is 1. The maximum atomic E-state index is 6.48. The lowest BCUT2D eigenvalue weighted by Crippen LogP contribution is -2.28. The van der Waals surface area contributed by atoms with Crippen LogP contribution in [0.4, 0.5) is 17.1 Å². The molecule has 0 radical (unpaired) electrons. The lowest BCUT2D eigenvalue weighted by atomic mass is 9.67. The molecule has 2 nitrogen and oxygen atoms in total. The van der Waals surface area contributed by atoms with Crippen molar-refractivity contribution in [1.82, 2.24) is 0 Å². The number of para-hydroxylation sites is 1. The van der Waals surface area contributed by atoms with Crippen molar-refractivity contribution in [2.75, 3.05) is 4.90 Å². The van der Waals surface area contributed by atoms with E-state index in [1.165, 1.54) is 77.7 Å². The number of hydrogen-bond acceptors (Lipinski definition) is 2. The van der Waals surface area contributed by atoms with E-state index >= 15 is 0 Å². The Morgan fingerprint density at radius 2 is 0.871 bits per heavy atom. The molecule has 2 aliphatic rings. The van der Waals surface area contributed by atoms with Crippen LogP contribution in [-0.4, -0.2) is 0 Å². The molecule has 0 unspecified atom stereocenters. The van der Waals surface area contributed by atoms with Gasteiger partial charge in [-0.1, -0.05) is 190 Å². The fraction of sp³-hybridized carbons (Fsp3) is 0.0667. The highest BCUT2D eigenvalue weighted by Gasteiger charge is 2.46. The zero-order valence-electron chi connectivity index (χ0n) is 34.7. The van der Waals surface area contributed by atoms with E-state index in [0.29, 0.717) is 0 Å². The van der Waals surface area contributed by atoms with Gasteiger partial charge < -0.3 is 9.32 Å². The molecular formula is C60H43NO. The minimum atomic E-state index is -0.499. The molecule has 2 heteroatoms. The predicted octanol–water partition coefficient (Wildman–Crippen LogP) is 15.9. The van der Waals surface area contributed by atoms with Crippen LogP contribution in [0.1, 0.15) is 47.2 Å². The second kappa shape index (κ2) is 13.9. The zero-order chi connectivity index (χ0) is 41.4. The Hall–Kier alpha value is -7.68. The second-order valence-corrected chi connectivity index (χ2v) is 17.2. The van der Waals surface area contributed by atoms with Gasteiger partial charge in [-0.25, -0.2) is 0 Å². The third-order valence-corrected chi connectivity index (χ3v) is 13.5. The second-order valence-electron chi connectivity index (χ2n) is 17.2. The van der Waals surface area contributed by atoms with Gasteiger partial charge in [-0.05, 0) is 110 Å². The Morgan fingerprint density at radius 1 is 0.371 bits per heavy atom. The van der Waals surface area contributed by atoms with Crippen molar-refractivity contribution < 1.29 is 4.42 Å². The van der Waals surface area contributed by atoms with Crippen LogP contribution < -0.4 is 4.90 Å². The first-order valence-electron chi connectivity index (χ1n) is 21.6. The molecule has 0 amide bonds. The molecule has 62 heavy (non-hydrogen) atoms. The van der Waals surface area contributed by atoms with Gasteiger partial charge in [-0.15, -0.1) is 0 Å². The van der Waals surface area contributed by atoms with E-state index in [9.17, 15) is 0 Å². The fourth-order valence-corrected chi connectivity index (χ4v) is 10.7. The Balaban J connectivity index is 1.00. The highest BCUT2D eigenvalue weighted by molar-refractivity contribution is 5.95. The van der Waals surface area contributed by atoms with Crippen molar-refractivity contribution in [2.24, 2.45) is 0 Å². The first-order valence-corrected chi connectivity index (χ1v) is 21.6. The van der Waals surface area contributed by atoms with Crippen molar-refractivity contribution in [1.29, 1.82) is 0 Å². The summed E-state index contributed by atoms with van der Waals surface area (Å²) in [5.74, 6) is 1.00. The number of fused-ring (bicyclic) bond motifs is 8. The maximum Gasteiger partial charge on any atom is 0.139 e. The quantitative estimate of drug-likeness (QED) is 0.160. The van der Waals surface area contributed by atoms with Crippen LogP contribution in [0, 0.1) is 0 Å². The highest BCUT2D eigenvalue weighted by atomic mass is 16.3. The number of anilines is 3. The minimum Gasteiger partial charge on any atom is -0.456 e. The molecule has 0 spiro atoms. The first-order chi connectivity index (χ1) is 30.5. The molecule has 2 aliphatic carbocycles. The molecule has 0 N–H and O–H groups in total. The summed E-state index contributed by atoms with van der Waals surface area (Å²) < 4.78 is 6.48. The third-order valence-electron chi connectivity index (χ3n) is 13.5. The molecule has 0 saturated heterocycles. The third kappa shape index (κ3) is 5.36. The van der Waals surface area contributed by atoms with Gasteiger partial charge >= 0.3 is 0 Å². The molecular weight excluding hydrogens is 751 g/mol. The standard InChI is InChI=1S/C60H43NO/c1-59(2)54-38-43(30-36-51(54)58-57(59)52-23-13-15-25-56(52)62-58)42-28-33-47(34-29-42)61(46-31-26-41(27-32-46)40-16-6-3-7-17-40)48-35-37-50-49-22-12-14-24-53(49)60(55(50)39-48,44-18-8-4-9-19-44)45-20-10-5-11-21-45/h3-39H,1-2H3. The lowest BCUT2D eigenvalue weighted by Gasteiger charge is -2.35. The number of benzene rings is 9. The van der Waals surface area contributed by atoms with E-state index in [0.717, 1.165) is 28.4 Å². The van der Waals surface area contributed by atoms with Crippen LogP contribution >= 0.6 is 0 Å². The fourth-order valence-electron chi connectivity index (χ4n) is 10.7. The van der Waals surface area contributed by atoms with Crippen LogP contribution in [-0.2, 0) is 10.8 Å². The Bertz CT molecular complexity index is 3250. The first kappa shape index (κ1) is 36.2. The monoisotopic (exact) mass is 793 g/mol. The summed E-state index contributed by atoms with van der Waals surface area (Å²) in [5, 5.41) is 1.20. The zero-order valence-corrected chi connectivity index (χ0v) is 34.7. The molecule has 0 aliphatic heterocycles. The van der Waals surface area contributed by atoms with E-state index in [-0.39, 0.29) is 5.41 Å². The molecule has 9 aromatic carbocycles. The summed E-state index contributed by atoms with van der Waals surface area (Å²) in [6, 6.07) is 82.2. The van der Waals surface area contributed by atoms with Gasteiger partial charge in [0.1, 0.15) is 11.3 Å². The van der Waals surface area contributed by atoms with Crippen LogP contribution in [0.3, 0.4) is 0 Å². The average molecular weight is 794 g/mol. The SMILES string of the molecule is CC1(C)c2cc(-c3ccc(N(c4ccc(-c5ccccc5)cc4)c4ccc5c(c4)C(c4ccccc4)(c4ccccc4)c4ccccc4-5)cc3)ccc2-c2oc3ccccc3c21. The summed E-state index contributed by atoms with van der Waals surface area (Å²) >= 11 is 0. The molecule has 0 bridgehead atoms. The molecule has 0 atom stereocenters. The van der Waals surface area contributed by atoms with Crippen molar-refractivity contribution in [3.8, 4) is 44.7 Å². The van der Waals surface area contributed by atoms with E-state index in [1.807, 2.05) is 0 Å². The van der Waals surface area contributed by atoms with Crippen molar-refractivity contribution in [3.05, 3.63) is 258 Å². The van der Waals surface area contributed by atoms with E-state index in [4.69, 9.17) is 4.42 Å². The summed E-state index contributed by atoms with van der Waals surface area (Å²) in [4.78, 5) is 2.41. The summed E-state index contributed by atoms with van der Waals surface area (Å²) in [6.45, 7) is 4.65. The van der Waals surface area contributed by atoms with Crippen LogP contribution in [0.15, 0.2) is 229 Å². The van der Waals surface area contributed by atoms with Crippen LogP contribution in [0.5, 0.6) is 0 Å². The normalized spacial score (nSPS) is 13.9. The van der Waals surface area contributed by atoms with Crippen molar-refractivity contribution >= 4 is 28.0 Å². The number of hydrogen-bond donors (Lipinski definition) is 0. The van der Waals surface area contributed by atoms with Gasteiger partial charge in [0.2, 0.25) is 0 Å². The van der Waals surface area contributed by atoms with Gasteiger partial charge in [-0.2, -0.15) is 0 Å². The van der Waals surface area contributed by atoms with Crippen molar-refractivity contribution in [2.45, 2.75) is 24.7 Å². The van der Waals surface area contributed by atoms with Gasteiger partial charge in [0.25, 0.3) is 0 Å². The summed E-state index contributed by atoms with van der Waals surface area (Å²) in [7, 11) is 0. The molecule has 294 valence electrons. The van der Waals surface area contributed by atoms with Crippen molar-refractivity contribution in [3.63, 3.8) is 0 Å². The molecule has 0 fully saturated rings. The molecule has 1 heterocycles. The topological polar surface area (TPSA) is 16.4 Å². The van der Waals surface area contributed by atoms with Gasteiger partial charge in [0.05, 0.1) is 5.41 Å². The highest BCUT2D eigenvalue weighted by Crippen LogP contribution is 2.58. The minimum absolute atomic E-state index is 0.183. The molecule has 12 rings (SSSR count). The van der Waals surface area contributed by atoms with Gasteiger partial charge in [0, 0.05) is 39.0 Å². The van der Waals surface area contributed by atoms with Crippen LogP contribution in [0.2, 0.25) is 0 Å². The molecule has 1 aromatic heterocycles. The summed E-state index contributed by atoms with van der Waals surface area (Å²) in [5.41, 5.74) is 19.7. The number of rotatable bonds is 7. The van der Waals surface area contributed by atoms with Gasteiger partial charge in [-0.3, -0.25) is 0 Å². The average Bonchev–Trinajstić information content (AvgIpc) is 3.94. The largest absolute Gasteiger partial charge is 0.456 e. The van der Waals surface area contributed by atoms with E-state index < -0.39 is 5.41 Å². The smallest absolute Gasteiger partial charge is 0.139 e. The van der Waals surface area contributed by atoms with E-state index in [2.05, 4.69) is 243 Å².